The summed E-state index contributed by atoms with van der Waals surface area (Å²) >= 11 is 1.62. The normalized spacial score (nSPS) is 10.8. The highest BCUT2D eigenvalue weighted by Gasteiger charge is 2.15. The van der Waals surface area contributed by atoms with Gasteiger partial charge in [0.25, 0.3) is 11.5 Å². The molecule has 1 N–H and O–H groups in total. The molecule has 3 aromatic rings. The molecule has 24 heavy (non-hydrogen) atoms. The third kappa shape index (κ3) is 3.30. The van der Waals surface area contributed by atoms with Gasteiger partial charge in [-0.3, -0.25) is 14.7 Å². The fraction of sp³-hybridized carbons (Fsp3) is 0.235. The van der Waals surface area contributed by atoms with E-state index < -0.39 is 0 Å². The van der Waals surface area contributed by atoms with Gasteiger partial charge in [0.05, 0.1) is 17.1 Å². The number of carbonyl (C=O) groups excluding carboxylic acids is 1. The quantitative estimate of drug-likeness (QED) is 0.775. The van der Waals surface area contributed by atoms with Crippen molar-refractivity contribution in [2.75, 3.05) is 7.05 Å². The molecule has 124 valence electrons. The molecular formula is C17H18N4O2S. The molecule has 0 saturated carbocycles. The Labute approximate surface area is 143 Å². The molecule has 3 rings (SSSR count). The molecule has 3 heterocycles. The summed E-state index contributed by atoms with van der Waals surface area (Å²) in [7, 11) is 1.71. The van der Waals surface area contributed by atoms with E-state index in [0.29, 0.717) is 18.7 Å². The Morgan fingerprint density at radius 2 is 2.21 bits per heavy atom. The van der Waals surface area contributed by atoms with Crippen LogP contribution in [-0.2, 0) is 13.1 Å². The standard InChI is InChI=1S/C17H18N4O2S/c1-3-21-7-6-12(9-16(21)22)17(23)20(2)11-13-10-14(19-18-13)15-5-4-8-24-15/h4-10H,3,11H2,1-2H3,(H,18,19). The van der Waals surface area contributed by atoms with Gasteiger partial charge in [-0.05, 0) is 30.5 Å². The number of amides is 1. The van der Waals surface area contributed by atoms with Crippen LogP contribution in [0.4, 0.5) is 0 Å². The Kier molecular flexibility index (Phi) is 4.61. The van der Waals surface area contributed by atoms with Gasteiger partial charge in [-0.25, -0.2) is 0 Å². The van der Waals surface area contributed by atoms with E-state index in [4.69, 9.17) is 0 Å². The number of aromatic amines is 1. The molecule has 7 heteroatoms. The molecule has 0 saturated heterocycles. The van der Waals surface area contributed by atoms with Gasteiger partial charge in [-0.2, -0.15) is 5.10 Å². The van der Waals surface area contributed by atoms with E-state index in [9.17, 15) is 9.59 Å². The first kappa shape index (κ1) is 16.2. The molecule has 6 nitrogen and oxygen atoms in total. The number of nitrogens with one attached hydrogen (secondary N) is 1. The summed E-state index contributed by atoms with van der Waals surface area (Å²) in [6.07, 6.45) is 1.65. The van der Waals surface area contributed by atoms with Crippen molar-refractivity contribution in [1.82, 2.24) is 19.7 Å². The van der Waals surface area contributed by atoms with Crippen LogP contribution in [0.3, 0.4) is 0 Å². The minimum absolute atomic E-state index is 0.168. The lowest BCUT2D eigenvalue weighted by molar-refractivity contribution is 0.0783. The summed E-state index contributed by atoms with van der Waals surface area (Å²) in [5.41, 5.74) is 1.94. The van der Waals surface area contributed by atoms with Crippen LogP contribution in [0.1, 0.15) is 23.0 Å². The van der Waals surface area contributed by atoms with Crippen LogP contribution in [0.2, 0.25) is 0 Å². The van der Waals surface area contributed by atoms with Crippen molar-refractivity contribution in [3.8, 4) is 10.6 Å². The lowest BCUT2D eigenvalue weighted by Gasteiger charge is -2.16. The van der Waals surface area contributed by atoms with Crippen molar-refractivity contribution in [1.29, 1.82) is 0 Å². The van der Waals surface area contributed by atoms with Crippen molar-refractivity contribution >= 4 is 17.2 Å². The highest BCUT2D eigenvalue weighted by molar-refractivity contribution is 7.13. The van der Waals surface area contributed by atoms with E-state index in [2.05, 4.69) is 10.2 Å². The number of aromatic nitrogens is 3. The molecule has 0 unspecified atom stereocenters. The highest BCUT2D eigenvalue weighted by Crippen LogP contribution is 2.23. The summed E-state index contributed by atoms with van der Waals surface area (Å²) < 4.78 is 1.55. The average molecular weight is 342 g/mol. The number of H-pyrrole nitrogens is 1. The fourth-order valence-electron chi connectivity index (χ4n) is 2.44. The molecule has 0 radical (unpaired) electrons. The topological polar surface area (TPSA) is 71.0 Å². The van der Waals surface area contributed by atoms with Crippen LogP contribution >= 0.6 is 11.3 Å². The second-order valence-corrected chi connectivity index (χ2v) is 6.40. The third-order valence-electron chi connectivity index (χ3n) is 3.74. The third-order valence-corrected chi connectivity index (χ3v) is 4.63. The lowest BCUT2D eigenvalue weighted by atomic mass is 10.2. The number of pyridine rings is 1. The zero-order chi connectivity index (χ0) is 17.1. The SMILES string of the molecule is CCn1ccc(C(=O)N(C)Cc2cc(-c3cccs3)n[nH]2)cc1=O. The van der Waals surface area contributed by atoms with Gasteiger partial charge in [-0.1, -0.05) is 6.07 Å². The molecule has 0 aromatic carbocycles. The number of aryl methyl sites for hydroxylation is 1. The minimum atomic E-state index is -0.192. The molecule has 0 aliphatic rings. The zero-order valence-electron chi connectivity index (χ0n) is 13.5. The number of carbonyl (C=O) groups is 1. The number of thiophene rings is 1. The molecule has 3 aromatic heterocycles. The highest BCUT2D eigenvalue weighted by atomic mass is 32.1. The van der Waals surface area contributed by atoms with E-state index in [-0.39, 0.29) is 11.5 Å². The second-order valence-electron chi connectivity index (χ2n) is 5.46. The van der Waals surface area contributed by atoms with Gasteiger partial charge in [0.15, 0.2) is 0 Å². The van der Waals surface area contributed by atoms with Crippen molar-refractivity contribution in [3.63, 3.8) is 0 Å². The first-order valence-corrected chi connectivity index (χ1v) is 8.50. The Morgan fingerprint density at radius 3 is 2.88 bits per heavy atom. The van der Waals surface area contributed by atoms with Crippen molar-refractivity contribution in [2.45, 2.75) is 20.0 Å². The predicted octanol–water partition coefficient (Wildman–Crippen LogP) is 2.59. The number of hydrogen-bond donors (Lipinski definition) is 1. The van der Waals surface area contributed by atoms with E-state index >= 15 is 0 Å². The molecule has 0 fully saturated rings. The molecular weight excluding hydrogens is 324 g/mol. The smallest absolute Gasteiger partial charge is 0.254 e. The Bertz CT molecular complexity index is 895. The summed E-state index contributed by atoms with van der Waals surface area (Å²) in [6.45, 7) is 2.87. The maximum Gasteiger partial charge on any atom is 0.254 e. The maximum atomic E-state index is 12.5. The first-order valence-electron chi connectivity index (χ1n) is 7.62. The Hall–Kier alpha value is -2.67. The largest absolute Gasteiger partial charge is 0.336 e. The summed E-state index contributed by atoms with van der Waals surface area (Å²) in [5.74, 6) is -0.192. The van der Waals surface area contributed by atoms with Crippen LogP contribution in [-0.4, -0.2) is 32.6 Å². The Balaban J connectivity index is 1.72. The minimum Gasteiger partial charge on any atom is -0.336 e. The van der Waals surface area contributed by atoms with E-state index in [1.54, 1.807) is 40.1 Å². The average Bonchev–Trinajstić information content (AvgIpc) is 3.25. The molecule has 1 amide bonds. The molecule has 0 aliphatic heterocycles. The fourth-order valence-corrected chi connectivity index (χ4v) is 3.13. The van der Waals surface area contributed by atoms with Gasteiger partial charge in [0.2, 0.25) is 0 Å². The van der Waals surface area contributed by atoms with Gasteiger partial charge < -0.3 is 9.47 Å². The molecule has 0 aliphatic carbocycles. The van der Waals surface area contributed by atoms with Gasteiger partial charge in [0, 0.05) is 31.4 Å². The van der Waals surface area contributed by atoms with Crippen molar-refractivity contribution in [2.24, 2.45) is 0 Å². The van der Waals surface area contributed by atoms with Crippen LogP contribution in [0.5, 0.6) is 0 Å². The molecule has 0 bridgehead atoms. The summed E-state index contributed by atoms with van der Waals surface area (Å²) in [6, 6.07) is 8.97. The van der Waals surface area contributed by atoms with Gasteiger partial charge in [-0.15, -0.1) is 11.3 Å². The van der Waals surface area contributed by atoms with Gasteiger partial charge >= 0.3 is 0 Å². The van der Waals surface area contributed by atoms with Gasteiger partial charge in [0.1, 0.15) is 5.69 Å². The monoisotopic (exact) mass is 342 g/mol. The number of nitrogens with zero attached hydrogens (tertiary/aromatic N) is 3. The van der Waals surface area contributed by atoms with E-state index in [1.165, 1.54) is 6.07 Å². The number of rotatable bonds is 5. The van der Waals surface area contributed by atoms with Crippen molar-refractivity contribution in [3.05, 3.63) is 63.5 Å². The zero-order valence-corrected chi connectivity index (χ0v) is 14.3. The summed E-state index contributed by atoms with van der Waals surface area (Å²) in [5, 5.41) is 9.23. The predicted molar refractivity (Wildman–Crippen MR) is 94.1 cm³/mol. The van der Waals surface area contributed by atoms with Crippen LogP contribution in [0.25, 0.3) is 10.6 Å². The molecule has 0 atom stereocenters. The molecule has 0 spiro atoms. The second kappa shape index (κ2) is 6.84. The van der Waals surface area contributed by atoms with E-state index in [0.717, 1.165) is 16.3 Å². The van der Waals surface area contributed by atoms with Crippen LogP contribution in [0, 0.1) is 0 Å². The van der Waals surface area contributed by atoms with Crippen molar-refractivity contribution < 1.29 is 4.79 Å². The van der Waals surface area contributed by atoms with Crippen LogP contribution in [0.15, 0.2) is 46.7 Å². The van der Waals surface area contributed by atoms with E-state index in [1.807, 2.05) is 30.5 Å². The van der Waals surface area contributed by atoms with Crippen LogP contribution < -0.4 is 5.56 Å². The number of hydrogen-bond acceptors (Lipinski definition) is 4. The Morgan fingerprint density at radius 1 is 1.38 bits per heavy atom. The summed E-state index contributed by atoms with van der Waals surface area (Å²) in [4.78, 5) is 27.0. The first-order chi connectivity index (χ1) is 11.6. The lowest BCUT2D eigenvalue weighted by Crippen LogP contribution is -2.28. The maximum absolute atomic E-state index is 12.5.